The first-order chi connectivity index (χ1) is 11.6. The average Bonchev–Trinajstić information content (AvgIpc) is 2.91. The van der Waals surface area contributed by atoms with Crippen molar-refractivity contribution in [2.24, 2.45) is 0 Å². The third-order valence-corrected chi connectivity index (χ3v) is 4.92. The van der Waals surface area contributed by atoms with Crippen LogP contribution in [0.25, 0.3) is 0 Å². The fourth-order valence-electron chi connectivity index (χ4n) is 3.61. The third kappa shape index (κ3) is 4.23. The van der Waals surface area contributed by atoms with Crippen LogP contribution in [0.1, 0.15) is 28.6 Å². The first-order valence-corrected chi connectivity index (χ1v) is 8.78. The van der Waals surface area contributed by atoms with Gasteiger partial charge in [-0.25, -0.2) is 4.39 Å². The first kappa shape index (κ1) is 17.1. The molecule has 3 rings (SSSR count). The Labute approximate surface area is 143 Å². The minimum absolute atomic E-state index is 0.170. The van der Waals surface area contributed by atoms with Gasteiger partial charge in [0, 0.05) is 22.5 Å². The molecule has 0 saturated carbocycles. The zero-order chi connectivity index (χ0) is 16.9. The summed E-state index contributed by atoms with van der Waals surface area (Å²) in [7, 11) is 0. The number of H-pyrrole nitrogens is 1. The van der Waals surface area contributed by atoms with Crippen molar-refractivity contribution in [1.82, 2.24) is 4.98 Å². The molecule has 1 fully saturated rings. The zero-order valence-electron chi connectivity index (χ0n) is 14.6. The number of hydrogen-bond acceptors (Lipinski definition) is 1. The van der Waals surface area contributed by atoms with Gasteiger partial charge in [-0.05, 0) is 44.2 Å². The van der Waals surface area contributed by atoms with Gasteiger partial charge in [0.25, 0.3) is 0 Å². The number of hydrogen-bond donors (Lipinski definition) is 3. The first-order valence-electron chi connectivity index (χ1n) is 8.78. The van der Waals surface area contributed by atoms with E-state index in [0.717, 1.165) is 39.4 Å². The summed E-state index contributed by atoms with van der Waals surface area (Å²) in [6.45, 7) is 9.82. The lowest BCUT2D eigenvalue weighted by atomic mass is 10.0. The Morgan fingerprint density at radius 3 is 2.54 bits per heavy atom. The van der Waals surface area contributed by atoms with Gasteiger partial charge in [0.15, 0.2) is 6.04 Å². The van der Waals surface area contributed by atoms with E-state index in [-0.39, 0.29) is 5.82 Å². The standard InChI is InChI=1S/C19H26FN3O/c1-14-11-17(15(2)22-14)12-21-13-19(23-7-9-24-10-8-23)16-3-5-18(20)6-4-16/h3-6,11,19,21-22H,7-10,12-13H2,1-2H3/p+2/t19-/m1/s1. The molecule has 130 valence electrons. The summed E-state index contributed by atoms with van der Waals surface area (Å²) < 4.78 is 18.8. The lowest BCUT2D eigenvalue weighted by Gasteiger charge is -2.30. The van der Waals surface area contributed by atoms with Crippen molar-refractivity contribution in [3.05, 3.63) is 58.7 Å². The van der Waals surface area contributed by atoms with Crippen molar-refractivity contribution in [2.75, 3.05) is 32.8 Å². The van der Waals surface area contributed by atoms with Crippen molar-refractivity contribution in [2.45, 2.75) is 26.4 Å². The van der Waals surface area contributed by atoms with E-state index < -0.39 is 0 Å². The normalized spacial score (nSPS) is 17.1. The number of aromatic nitrogens is 1. The van der Waals surface area contributed by atoms with Crippen molar-refractivity contribution in [1.29, 1.82) is 0 Å². The second kappa shape index (κ2) is 7.92. The molecular formula is C19H28FN3O+2. The highest BCUT2D eigenvalue weighted by Crippen LogP contribution is 2.11. The number of benzene rings is 1. The minimum Gasteiger partial charge on any atom is -0.370 e. The van der Waals surface area contributed by atoms with Gasteiger partial charge in [-0.3, -0.25) is 0 Å². The summed E-state index contributed by atoms with van der Waals surface area (Å²) in [5.41, 5.74) is 5.04. The topological polar surface area (TPSA) is 46.1 Å². The molecule has 1 atom stereocenters. The van der Waals surface area contributed by atoms with E-state index in [2.05, 4.69) is 30.2 Å². The minimum atomic E-state index is -0.170. The number of nitrogens with two attached hydrogens (primary N) is 1. The SMILES string of the molecule is Cc1cc(C[NH2+]C[C@H](c2ccc(F)cc2)[NH+]2CCOCC2)c(C)[nH]1. The molecule has 1 aliphatic heterocycles. The van der Waals surface area contributed by atoms with E-state index in [9.17, 15) is 4.39 Å². The van der Waals surface area contributed by atoms with Crippen LogP contribution in [0.3, 0.4) is 0 Å². The number of rotatable bonds is 6. The van der Waals surface area contributed by atoms with Gasteiger partial charge < -0.3 is 19.9 Å². The Balaban J connectivity index is 1.67. The van der Waals surface area contributed by atoms with Crippen LogP contribution < -0.4 is 10.2 Å². The van der Waals surface area contributed by atoms with Gasteiger partial charge in [-0.1, -0.05) is 0 Å². The molecule has 2 heterocycles. The second-order valence-corrected chi connectivity index (χ2v) is 6.71. The molecule has 2 aromatic rings. The summed E-state index contributed by atoms with van der Waals surface area (Å²) >= 11 is 0. The van der Waals surface area contributed by atoms with Gasteiger partial charge in [0.05, 0.1) is 13.2 Å². The van der Waals surface area contributed by atoms with Gasteiger partial charge in [-0.2, -0.15) is 0 Å². The maximum absolute atomic E-state index is 13.3. The van der Waals surface area contributed by atoms with Crippen LogP contribution in [0, 0.1) is 19.7 Å². The molecule has 1 aromatic carbocycles. The highest BCUT2D eigenvalue weighted by molar-refractivity contribution is 5.23. The number of aryl methyl sites for hydroxylation is 2. The van der Waals surface area contributed by atoms with Crippen molar-refractivity contribution in [3.63, 3.8) is 0 Å². The lowest BCUT2D eigenvalue weighted by molar-refractivity contribution is -0.952. The van der Waals surface area contributed by atoms with Gasteiger partial charge in [0.1, 0.15) is 32.0 Å². The van der Waals surface area contributed by atoms with Crippen LogP contribution in [0.15, 0.2) is 30.3 Å². The number of ether oxygens (including phenoxy) is 1. The summed E-state index contributed by atoms with van der Waals surface area (Å²) in [5.74, 6) is -0.170. The molecular weight excluding hydrogens is 305 g/mol. The van der Waals surface area contributed by atoms with E-state index in [1.54, 1.807) is 12.1 Å². The van der Waals surface area contributed by atoms with Crippen LogP contribution in [-0.2, 0) is 11.3 Å². The fourth-order valence-corrected chi connectivity index (χ4v) is 3.61. The maximum atomic E-state index is 13.3. The molecule has 4 nitrogen and oxygen atoms in total. The molecule has 0 spiro atoms. The summed E-state index contributed by atoms with van der Waals surface area (Å²) in [5, 5.41) is 2.37. The molecule has 0 bridgehead atoms. The molecule has 0 unspecified atom stereocenters. The molecule has 5 heteroatoms. The molecule has 1 aliphatic rings. The Morgan fingerprint density at radius 2 is 1.92 bits per heavy atom. The monoisotopic (exact) mass is 333 g/mol. The Hall–Kier alpha value is -1.69. The number of nitrogens with one attached hydrogen (secondary N) is 2. The van der Waals surface area contributed by atoms with Crippen LogP contribution in [0.5, 0.6) is 0 Å². The number of quaternary nitrogens is 2. The highest BCUT2D eigenvalue weighted by atomic mass is 19.1. The van der Waals surface area contributed by atoms with Crippen LogP contribution in [0.2, 0.25) is 0 Å². The van der Waals surface area contributed by atoms with Crippen LogP contribution >= 0.6 is 0 Å². The summed E-state index contributed by atoms with van der Waals surface area (Å²) in [6, 6.07) is 9.60. The fraction of sp³-hybridized carbons (Fsp3) is 0.474. The summed E-state index contributed by atoms with van der Waals surface area (Å²) in [4.78, 5) is 4.90. The maximum Gasteiger partial charge on any atom is 0.163 e. The van der Waals surface area contributed by atoms with E-state index in [4.69, 9.17) is 4.74 Å². The number of aromatic amines is 1. The van der Waals surface area contributed by atoms with Crippen LogP contribution in [0.4, 0.5) is 4.39 Å². The molecule has 24 heavy (non-hydrogen) atoms. The molecule has 4 N–H and O–H groups in total. The van der Waals surface area contributed by atoms with Crippen molar-refractivity contribution in [3.8, 4) is 0 Å². The average molecular weight is 333 g/mol. The lowest BCUT2D eigenvalue weighted by Crippen LogP contribution is -3.16. The van der Waals surface area contributed by atoms with E-state index >= 15 is 0 Å². The van der Waals surface area contributed by atoms with Crippen molar-refractivity contribution < 1.29 is 19.3 Å². The van der Waals surface area contributed by atoms with Gasteiger partial charge in [-0.15, -0.1) is 0 Å². The van der Waals surface area contributed by atoms with Gasteiger partial charge >= 0.3 is 0 Å². The van der Waals surface area contributed by atoms with Crippen molar-refractivity contribution >= 4 is 0 Å². The molecule has 1 aromatic heterocycles. The third-order valence-electron chi connectivity index (χ3n) is 4.92. The Morgan fingerprint density at radius 1 is 1.21 bits per heavy atom. The second-order valence-electron chi connectivity index (χ2n) is 6.71. The van der Waals surface area contributed by atoms with Crippen LogP contribution in [-0.4, -0.2) is 37.8 Å². The molecule has 0 aliphatic carbocycles. The number of morpholine rings is 1. The smallest absolute Gasteiger partial charge is 0.163 e. The quantitative estimate of drug-likeness (QED) is 0.708. The predicted molar refractivity (Wildman–Crippen MR) is 91.4 cm³/mol. The van der Waals surface area contributed by atoms with E-state index in [1.807, 2.05) is 12.1 Å². The predicted octanol–water partition coefficient (Wildman–Crippen LogP) is 0.490. The van der Waals surface area contributed by atoms with Gasteiger partial charge in [0.2, 0.25) is 0 Å². The Bertz CT molecular complexity index is 647. The summed E-state index contributed by atoms with van der Waals surface area (Å²) in [6.07, 6.45) is 0. The highest BCUT2D eigenvalue weighted by Gasteiger charge is 2.28. The number of halogens is 1. The Kier molecular flexibility index (Phi) is 5.66. The van der Waals surface area contributed by atoms with E-state index in [0.29, 0.717) is 6.04 Å². The zero-order valence-corrected chi connectivity index (χ0v) is 14.6. The molecule has 0 radical (unpaired) electrons. The molecule has 0 amide bonds. The van der Waals surface area contributed by atoms with E-state index in [1.165, 1.54) is 27.4 Å². The largest absolute Gasteiger partial charge is 0.370 e. The molecule has 1 saturated heterocycles.